The maximum atomic E-state index is 2.64. The highest BCUT2D eigenvalue weighted by atomic mass is 15.3. The molecule has 0 N–H and O–H groups in total. The second kappa shape index (κ2) is 13.6. The summed E-state index contributed by atoms with van der Waals surface area (Å²) in [6.45, 7) is 4.57. The van der Waals surface area contributed by atoms with Crippen LogP contribution in [0.5, 0.6) is 0 Å². The van der Waals surface area contributed by atoms with Crippen molar-refractivity contribution in [2.45, 2.75) is 26.7 Å². The molecular formula is C61H44BN3. The Morgan fingerprint density at radius 1 is 0.354 bits per heavy atom. The lowest BCUT2D eigenvalue weighted by molar-refractivity contribution is 0.951. The molecule has 0 saturated heterocycles. The first kappa shape index (κ1) is 36.6. The largest absolute Gasteiger partial charge is 0.330 e. The predicted molar refractivity (Wildman–Crippen MR) is 281 cm³/mol. The van der Waals surface area contributed by atoms with Crippen molar-refractivity contribution >= 4 is 133 Å². The van der Waals surface area contributed by atoms with Crippen LogP contribution in [0.3, 0.4) is 0 Å². The minimum atomic E-state index is 0.00103. The Balaban J connectivity index is 1.15. The van der Waals surface area contributed by atoms with E-state index in [4.69, 9.17) is 0 Å². The van der Waals surface area contributed by atoms with E-state index < -0.39 is 0 Å². The van der Waals surface area contributed by atoms with Gasteiger partial charge in [0.2, 0.25) is 0 Å². The second-order valence-electron chi connectivity index (χ2n) is 18.1. The number of aromatic nitrogens is 1. The molecule has 0 bridgehead atoms. The van der Waals surface area contributed by atoms with Crippen LogP contribution in [0.25, 0.3) is 75.5 Å². The molecule has 0 aliphatic carbocycles. The molecule has 65 heavy (non-hydrogen) atoms. The Bertz CT molecular complexity index is 3940. The lowest BCUT2D eigenvalue weighted by Crippen LogP contribution is -2.61. The number of nitrogens with zero attached hydrogens (tertiary/aromatic N) is 3. The van der Waals surface area contributed by atoms with Crippen molar-refractivity contribution in [3.63, 3.8) is 0 Å². The van der Waals surface area contributed by atoms with Crippen LogP contribution >= 0.6 is 0 Å². The van der Waals surface area contributed by atoms with E-state index in [1.807, 2.05) is 0 Å². The fraction of sp³-hybridized carbons (Fsp3) is 0.0820. The monoisotopic (exact) mass is 829 g/mol. The topological polar surface area (TPSA) is 11.4 Å². The van der Waals surface area contributed by atoms with Gasteiger partial charge in [0.25, 0.3) is 6.71 Å². The quantitative estimate of drug-likeness (QED) is 0.129. The third-order valence-corrected chi connectivity index (χ3v) is 15.0. The van der Waals surface area contributed by atoms with E-state index in [0.717, 1.165) is 12.8 Å². The van der Waals surface area contributed by atoms with Gasteiger partial charge in [-0.3, -0.25) is 4.90 Å². The summed E-state index contributed by atoms with van der Waals surface area (Å²) in [5.41, 5.74) is 14.1. The number of aryl methyl sites for hydroxylation is 3. The van der Waals surface area contributed by atoms with Crippen LogP contribution in [0.2, 0.25) is 0 Å². The van der Waals surface area contributed by atoms with E-state index in [9.17, 15) is 0 Å². The molecule has 4 heteroatoms. The van der Waals surface area contributed by atoms with Gasteiger partial charge in [-0.05, 0) is 136 Å². The molecule has 2 aliphatic heterocycles. The van der Waals surface area contributed by atoms with Crippen molar-refractivity contribution in [1.82, 2.24) is 4.57 Å². The Morgan fingerprint density at radius 3 is 1.31 bits per heavy atom. The van der Waals surface area contributed by atoms with Gasteiger partial charge in [-0.2, -0.15) is 0 Å². The van der Waals surface area contributed by atoms with Crippen molar-refractivity contribution in [3.05, 3.63) is 199 Å². The molecule has 0 radical (unpaired) electrons. The maximum Gasteiger partial charge on any atom is 0.255 e. The van der Waals surface area contributed by atoms with Crippen LogP contribution in [-0.2, 0) is 19.9 Å². The molecule has 14 rings (SSSR count). The van der Waals surface area contributed by atoms with Crippen LogP contribution in [0.1, 0.15) is 25.0 Å². The van der Waals surface area contributed by atoms with Gasteiger partial charge in [0.15, 0.2) is 0 Å². The number of hydrogen-bond acceptors (Lipinski definition) is 2. The van der Waals surface area contributed by atoms with Crippen molar-refractivity contribution in [2.24, 2.45) is 7.05 Å². The van der Waals surface area contributed by atoms with Gasteiger partial charge in [-0.25, -0.2) is 0 Å². The second-order valence-corrected chi connectivity index (χ2v) is 18.1. The molecule has 3 nitrogen and oxygen atoms in total. The summed E-state index contributed by atoms with van der Waals surface area (Å²) < 4.78 is 2.49. The number of benzene rings is 11. The average molecular weight is 830 g/mol. The van der Waals surface area contributed by atoms with Gasteiger partial charge >= 0.3 is 0 Å². The zero-order chi connectivity index (χ0) is 43.1. The molecule has 306 valence electrons. The highest BCUT2D eigenvalue weighted by Gasteiger charge is 2.46. The summed E-state index contributed by atoms with van der Waals surface area (Å²) >= 11 is 0. The van der Waals surface area contributed by atoms with E-state index >= 15 is 0 Å². The fourth-order valence-corrected chi connectivity index (χ4v) is 12.2. The number of fused-ring (bicyclic) bond motifs is 18. The zero-order valence-electron chi connectivity index (χ0n) is 36.7. The highest BCUT2D eigenvalue weighted by Crippen LogP contribution is 2.51. The fourth-order valence-electron chi connectivity index (χ4n) is 12.2. The maximum absolute atomic E-state index is 2.64. The molecule has 12 aromatic rings. The Kier molecular flexibility index (Phi) is 7.66. The van der Waals surface area contributed by atoms with Gasteiger partial charge in [-0.1, -0.05) is 166 Å². The molecular weight excluding hydrogens is 786 g/mol. The molecule has 0 unspecified atom stereocenters. The summed E-state index contributed by atoms with van der Waals surface area (Å²) in [6, 6.07) is 71.4. The van der Waals surface area contributed by atoms with Gasteiger partial charge in [-0.15, -0.1) is 0 Å². The normalized spacial score (nSPS) is 13.2. The number of hydrogen-bond donors (Lipinski definition) is 0. The first-order valence-corrected chi connectivity index (χ1v) is 23.2. The van der Waals surface area contributed by atoms with Crippen LogP contribution in [0, 0.1) is 0 Å². The van der Waals surface area contributed by atoms with Gasteiger partial charge in [0.05, 0.1) is 11.4 Å². The van der Waals surface area contributed by atoms with E-state index in [0.29, 0.717) is 0 Å². The van der Waals surface area contributed by atoms with Crippen LogP contribution < -0.4 is 26.2 Å². The number of anilines is 6. The highest BCUT2D eigenvalue weighted by molar-refractivity contribution is 7.01. The molecule has 3 heterocycles. The zero-order valence-corrected chi connectivity index (χ0v) is 36.7. The molecule has 0 spiro atoms. The molecule has 1 aromatic heterocycles. The third-order valence-electron chi connectivity index (χ3n) is 15.0. The summed E-state index contributed by atoms with van der Waals surface area (Å²) in [4.78, 5) is 5.25. The summed E-state index contributed by atoms with van der Waals surface area (Å²) in [5.74, 6) is 1.23. The van der Waals surface area contributed by atoms with Crippen LogP contribution in [0.15, 0.2) is 188 Å². The molecule has 2 aliphatic rings. The molecule has 0 fully saturated rings. The molecule has 0 amide bonds. The predicted octanol–water partition coefficient (Wildman–Crippen LogP) is 14.3. The summed E-state index contributed by atoms with van der Waals surface area (Å²) in [6.07, 6.45) is 1.94. The number of rotatable bonds is 4. The lowest BCUT2D eigenvalue weighted by Gasteiger charge is -2.44. The Hall–Kier alpha value is -7.82. The average Bonchev–Trinajstić information content (AvgIpc) is 3.66. The Morgan fingerprint density at radius 2 is 0.769 bits per heavy atom. The molecule has 11 aromatic carbocycles. The van der Waals surface area contributed by atoms with Gasteiger partial charge in [0, 0.05) is 40.4 Å². The van der Waals surface area contributed by atoms with Crippen molar-refractivity contribution < 1.29 is 0 Å². The standard InChI is InChI=1S/C61H44BN3/c1-4-37-31-33-51-49(35-37)59-61(63(51)3)65(54-28-15-26-48-44-20-9-7-18-40(44)42-22-11-13-24-46(42)58(48)54)56-30-16-29-55-60(56)62(59)50-36-38(5-2)32-34-52(50)64(55)53-27-14-25-47-43-19-8-6-17-39(43)41-21-10-12-23-45(41)57(47)53/h6-36H,4-5H2,1-3H3. The Labute approximate surface area is 378 Å². The minimum absolute atomic E-state index is 0.00103. The first-order chi connectivity index (χ1) is 32.1. The summed E-state index contributed by atoms with van der Waals surface area (Å²) in [7, 11) is 2.29. The van der Waals surface area contributed by atoms with Crippen LogP contribution in [0.4, 0.5) is 34.3 Å². The van der Waals surface area contributed by atoms with Crippen molar-refractivity contribution in [3.8, 4) is 0 Å². The van der Waals surface area contributed by atoms with E-state index in [2.05, 4.69) is 223 Å². The SMILES string of the molecule is CCc1ccc2c(c1)B1c3c(cccc3N(c3cccc4c5ccccc5c5ccccc5c34)c3c1c1cc(CC)ccc1n3C)N2c1cccc2c3ccccc3c3ccccc3c12. The van der Waals surface area contributed by atoms with E-state index in [1.54, 1.807) is 0 Å². The van der Waals surface area contributed by atoms with E-state index in [1.165, 1.54) is 137 Å². The minimum Gasteiger partial charge on any atom is -0.330 e. The van der Waals surface area contributed by atoms with Crippen LogP contribution in [-0.4, -0.2) is 11.3 Å². The van der Waals surface area contributed by atoms with E-state index in [-0.39, 0.29) is 6.71 Å². The third kappa shape index (κ3) is 4.86. The summed E-state index contributed by atoms with van der Waals surface area (Å²) in [5, 5.41) is 16.7. The van der Waals surface area contributed by atoms with Crippen molar-refractivity contribution in [2.75, 3.05) is 9.80 Å². The van der Waals surface area contributed by atoms with Gasteiger partial charge < -0.3 is 9.47 Å². The lowest BCUT2D eigenvalue weighted by atomic mass is 9.33. The molecule has 0 atom stereocenters. The van der Waals surface area contributed by atoms with Crippen molar-refractivity contribution in [1.29, 1.82) is 0 Å². The first-order valence-electron chi connectivity index (χ1n) is 23.2. The molecule has 0 saturated carbocycles. The smallest absolute Gasteiger partial charge is 0.255 e. The van der Waals surface area contributed by atoms with Gasteiger partial charge in [0.1, 0.15) is 5.82 Å².